The molecule has 2 aromatic heterocycles. The van der Waals surface area contributed by atoms with E-state index in [-0.39, 0.29) is 24.0 Å². The van der Waals surface area contributed by atoms with Gasteiger partial charge in [0.2, 0.25) is 0 Å². The SMILES string of the molecule is Cc1cc(C2C(c3ccccn3)NC(=S)N2CC2CCCO2)c(C)n1-c1ccccc1F. The molecule has 0 aliphatic carbocycles. The highest BCUT2D eigenvalue weighted by Crippen LogP contribution is 2.42. The van der Waals surface area contributed by atoms with Crippen LogP contribution in [-0.4, -0.2) is 38.8 Å². The Morgan fingerprint density at radius 1 is 1.19 bits per heavy atom. The van der Waals surface area contributed by atoms with E-state index in [1.165, 1.54) is 6.07 Å². The Balaban J connectivity index is 1.60. The molecular formula is C25H27FN4OS. The zero-order chi connectivity index (χ0) is 22.2. The van der Waals surface area contributed by atoms with Crippen molar-refractivity contribution in [3.05, 3.63) is 83.2 Å². The number of para-hydroxylation sites is 1. The minimum Gasteiger partial charge on any atom is -0.376 e. The van der Waals surface area contributed by atoms with Crippen molar-refractivity contribution >= 4 is 17.3 Å². The van der Waals surface area contributed by atoms with E-state index in [4.69, 9.17) is 17.0 Å². The number of aromatic nitrogens is 2. The first-order valence-corrected chi connectivity index (χ1v) is 11.5. The van der Waals surface area contributed by atoms with Gasteiger partial charge in [-0.3, -0.25) is 4.98 Å². The molecule has 3 unspecified atom stereocenters. The summed E-state index contributed by atoms with van der Waals surface area (Å²) in [5.41, 5.74) is 4.60. The largest absolute Gasteiger partial charge is 0.376 e. The molecule has 0 saturated carbocycles. The summed E-state index contributed by atoms with van der Waals surface area (Å²) >= 11 is 5.79. The predicted molar refractivity (Wildman–Crippen MR) is 126 cm³/mol. The van der Waals surface area contributed by atoms with Gasteiger partial charge in [0.1, 0.15) is 5.82 Å². The van der Waals surface area contributed by atoms with Gasteiger partial charge in [-0.05, 0) is 74.8 Å². The van der Waals surface area contributed by atoms with E-state index in [2.05, 4.69) is 28.2 Å². The average molecular weight is 451 g/mol. The maximum absolute atomic E-state index is 14.7. The van der Waals surface area contributed by atoms with Gasteiger partial charge in [0.15, 0.2) is 5.11 Å². The van der Waals surface area contributed by atoms with Crippen LogP contribution in [-0.2, 0) is 4.74 Å². The fourth-order valence-electron chi connectivity index (χ4n) is 5.04. The Kier molecular flexibility index (Phi) is 5.69. The Hall–Kier alpha value is -2.77. The lowest BCUT2D eigenvalue weighted by Crippen LogP contribution is -2.36. The molecule has 5 nitrogen and oxygen atoms in total. The Labute approximate surface area is 193 Å². The molecule has 2 aliphatic rings. The Morgan fingerprint density at radius 3 is 2.72 bits per heavy atom. The van der Waals surface area contributed by atoms with Crippen molar-refractivity contribution < 1.29 is 9.13 Å². The minimum atomic E-state index is -0.238. The summed E-state index contributed by atoms with van der Waals surface area (Å²) in [6.45, 7) is 5.59. The standard InChI is InChI=1S/C25H27FN4OS/c1-16-14-19(17(2)30(16)22-11-4-3-9-20(22)26)24-23(21-10-5-6-12-27-21)28-25(32)29(24)15-18-8-7-13-31-18/h3-6,9-12,14,18,23-24H,7-8,13,15H2,1-2H3,(H,28,32). The topological polar surface area (TPSA) is 42.3 Å². The molecule has 0 radical (unpaired) electrons. The summed E-state index contributed by atoms with van der Waals surface area (Å²) in [4.78, 5) is 6.86. The number of nitrogens with one attached hydrogen (secondary N) is 1. The van der Waals surface area contributed by atoms with Crippen molar-refractivity contribution in [2.24, 2.45) is 0 Å². The first-order valence-electron chi connectivity index (χ1n) is 11.1. The molecular weight excluding hydrogens is 423 g/mol. The maximum Gasteiger partial charge on any atom is 0.170 e. The fraction of sp³-hybridized carbons (Fsp3) is 0.360. The number of pyridine rings is 1. The van der Waals surface area contributed by atoms with Crippen molar-refractivity contribution in [3.8, 4) is 5.69 Å². The van der Waals surface area contributed by atoms with E-state index in [9.17, 15) is 4.39 Å². The predicted octanol–water partition coefficient (Wildman–Crippen LogP) is 4.78. The van der Waals surface area contributed by atoms with Crippen LogP contribution in [0.3, 0.4) is 0 Å². The molecule has 3 atom stereocenters. The van der Waals surface area contributed by atoms with E-state index in [0.29, 0.717) is 10.8 Å². The lowest BCUT2D eigenvalue weighted by atomic mass is 9.96. The van der Waals surface area contributed by atoms with Crippen molar-refractivity contribution in [1.82, 2.24) is 19.8 Å². The van der Waals surface area contributed by atoms with Crippen molar-refractivity contribution in [2.75, 3.05) is 13.2 Å². The van der Waals surface area contributed by atoms with Crippen molar-refractivity contribution in [3.63, 3.8) is 0 Å². The maximum atomic E-state index is 14.7. The van der Waals surface area contributed by atoms with Crippen LogP contribution in [0.15, 0.2) is 54.7 Å². The number of hydrogen-bond donors (Lipinski definition) is 1. The molecule has 0 bridgehead atoms. The highest BCUT2D eigenvalue weighted by molar-refractivity contribution is 7.80. The molecule has 4 heterocycles. The summed E-state index contributed by atoms with van der Waals surface area (Å²) in [6.07, 6.45) is 4.08. The monoisotopic (exact) mass is 450 g/mol. The minimum absolute atomic E-state index is 0.0617. The van der Waals surface area contributed by atoms with E-state index >= 15 is 0 Å². The zero-order valence-corrected chi connectivity index (χ0v) is 19.1. The van der Waals surface area contributed by atoms with Gasteiger partial charge in [0.05, 0.1) is 29.6 Å². The quantitative estimate of drug-likeness (QED) is 0.567. The molecule has 1 N–H and O–H groups in total. The van der Waals surface area contributed by atoms with Crippen LogP contribution in [0.1, 0.15) is 47.6 Å². The number of nitrogens with zero attached hydrogens (tertiary/aromatic N) is 3. The number of rotatable bonds is 5. The van der Waals surface area contributed by atoms with Crippen molar-refractivity contribution in [1.29, 1.82) is 0 Å². The van der Waals surface area contributed by atoms with Crippen LogP contribution >= 0.6 is 12.2 Å². The van der Waals surface area contributed by atoms with Crippen molar-refractivity contribution in [2.45, 2.75) is 44.9 Å². The highest BCUT2D eigenvalue weighted by atomic mass is 32.1. The number of benzene rings is 1. The highest BCUT2D eigenvalue weighted by Gasteiger charge is 2.42. The second-order valence-corrected chi connectivity index (χ2v) is 8.91. The second-order valence-electron chi connectivity index (χ2n) is 8.53. The molecule has 3 aromatic rings. The van der Waals surface area contributed by atoms with Crippen LogP contribution in [0.2, 0.25) is 0 Å². The van der Waals surface area contributed by atoms with Crippen LogP contribution < -0.4 is 5.32 Å². The molecule has 2 fully saturated rings. The summed E-state index contributed by atoms with van der Waals surface area (Å²) in [5.74, 6) is -0.238. The van der Waals surface area contributed by atoms with Gasteiger partial charge in [-0.2, -0.15) is 0 Å². The van der Waals surface area contributed by atoms with Gasteiger partial charge >= 0.3 is 0 Å². The van der Waals surface area contributed by atoms with Gasteiger partial charge in [0, 0.05) is 30.7 Å². The van der Waals surface area contributed by atoms with Gasteiger partial charge in [-0.1, -0.05) is 18.2 Å². The molecule has 1 aromatic carbocycles. The molecule has 2 aliphatic heterocycles. The van der Waals surface area contributed by atoms with Crippen LogP contribution in [0.5, 0.6) is 0 Å². The zero-order valence-electron chi connectivity index (χ0n) is 18.3. The van der Waals surface area contributed by atoms with E-state index in [0.717, 1.165) is 48.6 Å². The number of ether oxygens (including phenoxy) is 1. The van der Waals surface area contributed by atoms with Gasteiger partial charge in [0.25, 0.3) is 0 Å². The first-order chi connectivity index (χ1) is 15.5. The van der Waals surface area contributed by atoms with Gasteiger partial charge in [-0.25, -0.2) is 4.39 Å². The number of halogens is 1. The van der Waals surface area contributed by atoms with Crippen LogP contribution in [0.25, 0.3) is 5.69 Å². The molecule has 32 heavy (non-hydrogen) atoms. The molecule has 5 rings (SSSR count). The smallest absolute Gasteiger partial charge is 0.170 e. The molecule has 2 saturated heterocycles. The lowest BCUT2D eigenvalue weighted by Gasteiger charge is -2.30. The molecule has 166 valence electrons. The Morgan fingerprint density at radius 2 is 2.00 bits per heavy atom. The second kappa shape index (κ2) is 8.64. The third-order valence-electron chi connectivity index (χ3n) is 6.50. The number of thiocarbonyl (C=S) groups is 1. The van der Waals surface area contributed by atoms with E-state index < -0.39 is 0 Å². The van der Waals surface area contributed by atoms with Crippen LogP contribution in [0, 0.1) is 19.7 Å². The third kappa shape index (κ3) is 3.69. The summed E-state index contributed by atoms with van der Waals surface area (Å²) in [6, 6.07) is 14.8. The fourth-order valence-corrected chi connectivity index (χ4v) is 5.35. The number of hydrogen-bond acceptors (Lipinski definition) is 3. The molecule has 0 amide bonds. The summed E-state index contributed by atoms with van der Waals surface area (Å²) in [5, 5.41) is 4.21. The van der Waals surface area contributed by atoms with Crippen LogP contribution in [0.4, 0.5) is 4.39 Å². The normalized spacial score (nSPS) is 23.0. The molecule has 7 heteroatoms. The third-order valence-corrected chi connectivity index (χ3v) is 6.86. The lowest BCUT2D eigenvalue weighted by molar-refractivity contribution is 0.0842. The van der Waals surface area contributed by atoms with E-state index in [1.54, 1.807) is 6.07 Å². The Bertz CT molecular complexity index is 1130. The first kappa shape index (κ1) is 21.1. The van der Waals surface area contributed by atoms with Gasteiger partial charge < -0.3 is 19.5 Å². The molecule has 0 spiro atoms. The summed E-state index contributed by atoms with van der Waals surface area (Å²) in [7, 11) is 0. The average Bonchev–Trinajstić information content (AvgIpc) is 3.49. The van der Waals surface area contributed by atoms with Gasteiger partial charge in [-0.15, -0.1) is 0 Å². The summed E-state index contributed by atoms with van der Waals surface area (Å²) < 4.78 is 22.6. The number of aryl methyl sites for hydroxylation is 1. The van der Waals surface area contributed by atoms with E-state index in [1.807, 2.05) is 48.0 Å².